The van der Waals surface area contributed by atoms with Crippen molar-refractivity contribution in [2.45, 2.75) is 6.92 Å². The number of benzene rings is 2. The zero-order chi connectivity index (χ0) is 15.2. The van der Waals surface area contributed by atoms with E-state index in [-0.39, 0.29) is 5.91 Å². The summed E-state index contributed by atoms with van der Waals surface area (Å²) in [6, 6.07) is 12.8. The number of methoxy groups -OCH3 is 1. The summed E-state index contributed by atoms with van der Waals surface area (Å²) in [4.78, 5) is 11.8. The average Bonchev–Trinajstić information content (AvgIpc) is 2.49. The van der Waals surface area contributed by atoms with Crippen molar-refractivity contribution >= 4 is 29.3 Å². The zero-order valence-electron chi connectivity index (χ0n) is 11.9. The van der Waals surface area contributed by atoms with Gasteiger partial charge in [0, 0.05) is 16.8 Å². The molecule has 0 aliphatic carbocycles. The summed E-state index contributed by atoms with van der Waals surface area (Å²) in [7, 11) is 1.60. The number of hydrogen-bond acceptors (Lipinski definition) is 2. The second-order valence-corrected chi connectivity index (χ2v) is 4.97. The van der Waals surface area contributed by atoms with E-state index in [2.05, 4.69) is 5.32 Å². The van der Waals surface area contributed by atoms with Crippen LogP contribution < -0.4 is 10.1 Å². The molecule has 0 heterocycles. The Morgan fingerprint density at radius 2 is 1.90 bits per heavy atom. The standard InChI is InChI=1S/C17H16ClNO2/c1-12-3-4-13(11-16(12)18)5-10-17(20)19-14-6-8-15(21-2)9-7-14/h3-11H,1-2H3,(H,19,20)/b10-5+. The Morgan fingerprint density at radius 1 is 1.19 bits per heavy atom. The normalized spacial score (nSPS) is 10.6. The molecule has 0 aliphatic heterocycles. The van der Waals surface area contributed by atoms with Crippen LogP contribution in [-0.2, 0) is 4.79 Å². The molecule has 21 heavy (non-hydrogen) atoms. The maximum Gasteiger partial charge on any atom is 0.248 e. The zero-order valence-corrected chi connectivity index (χ0v) is 12.6. The van der Waals surface area contributed by atoms with Gasteiger partial charge in [-0.2, -0.15) is 0 Å². The molecule has 0 aromatic heterocycles. The molecule has 0 saturated heterocycles. The number of aryl methyl sites for hydroxylation is 1. The topological polar surface area (TPSA) is 38.3 Å². The fraction of sp³-hybridized carbons (Fsp3) is 0.118. The minimum absolute atomic E-state index is 0.197. The molecule has 2 aromatic carbocycles. The number of nitrogens with one attached hydrogen (secondary N) is 1. The highest BCUT2D eigenvalue weighted by Gasteiger charge is 1.99. The lowest BCUT2D eigenvalue weighted by Gasteiger charge is -2.04. The summed E-state index contributed by atoms with van der Waals surface area (Å²) in [5.41, 5.74) is 2.61. The van der Waals surface area contributed by atoms with Gasteiger partial charge in [-0.15, -0.1) is 0 Å². The summed E-state index contributed by atoms with van der Waals surface area (Å²) in [5, 5.41) is 3.46. The highest BCUT2D eigenvalue weighted by atomic mass is 35.5. The van der Waals surface area contributed by atoms with Gasteiger partial charge in [0.25, 0.3) is 0 Å². The number of carbonyl (C=O) groups excluding carboxylic acids is 1. The minimum atomic E-state index is -0.197. The van der Waals surface area contributed by atoms with E-state index < -0.39 is 0 Å². The number of anilines is 1. The Hall–Kier alpha value is -2.26. The van der Waals surface area contributed by atoms with Crippen molar-refractivity contribution in [3.63, 3.8) is 0 Å². The van der Waals surface area contributed by atoms with E-state index in [0.717, 1.165) is 16.9 Å². The summed E-state index contributed by atoms with van der Waals surface area (Å²) in [6.45, 7) is 1.94. The fourth-order valence-electron chi connectivity index (χ4n) is 1.74. The van der Waals surface area contributed by atoms with Crippen LogP contribution in [0.25, 0.3) is 6.08 Å². The van der Waals surface area contributed by atoms with Crippen molar-refractivity contribution in [3.05, 3.63) is 64.7 Å². The number of carbonyl (C=O) groups is 1. The van der Waals surface area contributed by atoms with Crippen LogP contribution in [0.3, 0.4) is 0 Å². The summed E-state index contributed by atoms with van der Waals surface area (Å²) >= 11 is 6.04. The van der Waals surface area contributed by atoms with Gasteiger partial charge in [-0.05, 0) is 54.5 Å². The van der Waals surface area contributed by atoms with Gasteiger partial charge in [0.05, 0.1) is 7.11 Å². The van der Waals surface area contributed by atoms with Gasteiger partial charge < -0.3 is 10.1 Å². The molecule has 4 heteroatoms. The first-order valence-electron chi connectivity index (χ1n) is 6.48. The Labute approximate surface area is 129 Å². The molecule has 0 spiro atoms. The van der Waals surface area contributed by atoms with Crippen LogP contribution in [-0.4, -0.2) is 13.0 Å². The van der Waals surface area contributed by atoms with E-state index in [0.29, 0.717) is 10.7 Å². The fourth-order valence-corrected chi connectivity index (χ4v) is 1.93. The highest BCUT2D eigenvalue weighted by molar-refractivity contribution is 6.31. The third-order valence-electron chi connectivity index (χ3n) is 2.98. The molecule has 1 N–H and O–H groups in total. The van der Waals surface area contributed by atoms with Crippen LogP contribution in [0.1, 0.15) is 11.1 Å². The van der Waals surface area contributed by atoms with E-state index in [1.54, 1.807) is 37.5 Å². The summed E-state index contributed by atoms with van der Waals surface area (Å²) in [6.07, 6.45) is 3.20. The second-order valence-electron chi connectivity index (χ2n) is 4.56. The third-order valence-corrected chi connectivity index (χ3v) is 3.39. The molecule has 108 valence electrons. The van der Waals surface area contributed by atoms with Crippen molar-refractivity contribution in [1.82, 2.24) is 0 Å². The van der Waals surface area contributed by atoms with Gasteiger partial charge in [-0.1, -0.05) is 23.7 Å². The quantitative estimate of drug-likeness (QED) is 0.855. The van der Waals surface area contributed by atoms with Crippen LogP contribution in [0.2, 0.25) is 5.02 Å². The number of hydrogen-bond donors (Lipinski definition) is 1. The molecule has 3 nitrogen and oxygen atoms in total. The number of halogens is 1. The molecule has 0 radical (unpaired) electrons. The van der Waals surface area contributed by atoms with E-state index in [9.17, 15) is 4.79 Å². The molecule has 0 bridgehead atoms. The summed E-state index contributed by atoms with van der Waals surface area (Å²) < 4.78 is 5.06. The van der Waals surface area contributed by atoms with Crippen LogP contribution >= 0.6 is 11.6 Å². The number of ether oxygens (including phenoxy) is 1. The van der Waals surface area contributed by atoms with E-state index in [4.69, 9.17) is 16.3 Å². The highest BCUT2D eigenvalue weighted by Crippen LogP contribution is 2.18. The average molecular weight is 302 g/mol. The summed E-state index contributed by atoms with van der Waals surface area (Å²) in [5.74, 6) is 0.551. The molecule has 2 rings (SSSR count). The lowest BCUT2D eigenvalue weighted by molar-refractivity contribution is -0.111. The van der Waals surface area contributed by atoms with Crippen LogP contribution in [0.4, 0.5) is 5.69 Å². The Kier molecular flexibility index (Phi) is 5.01. The third kappa shape index (κ3) is 4.36. The lowest BCUT2D eigenvalue weighted by Crippen LogP contribution is -2.07. The molecule has 2 aromatic rings. The first-order chi connectivity index (χ1) is 10.1. The Morgan fingerprint density at radius 3 is 2.52 bits per heavy atom. The number of amides is 1. The molecule has 1 amide bonds. The van der Waals surface area contributed by atoms with Crippen molar-refractivity contribution in [1.29, 1.82) is 0 Å². The van der Waals surface area contributed by atoms with Crippen LogP contribution in [0, 0.1) is 6.92 Å². The minimum Gasteiger partial charge on any atom is -0.497 e. The number of rotatable bonds is 4. The predicted molar refractivity (Wildman–Crippen MR) is 86.8 cm³/mol. The van der Waals surface area contributed by atoms with Gasteiger partial charge in [-0.3, -0.25) is 4.79 Å². The largest absolute Gasteiger partial charge is 0.497 e. The van der Waals surface area contributed by atoms with Crippen molar-refractivity contribution in [3.8, 4) is 5.75 Å². The van der Waals surface area contributed by atoms with Crippen LogP contribution in [0.15, 0.2) is 48.5 Å². The molecule has 0 atom stereocenters. The Balaban J connectivity index is 1.99. The lowest BCUT2D eigenvalue weighted by atomic mass is 10.1. The van der Waals surface area contributed by atoms with E-state index in [1.807, 2.05) is 25.1 Å². The first-order valence-corrected chi connectivity index (χ1v) is 6.85. The van der Waals surface area contributed by atoms with Crippen molar-refractivity contribution < 1.29 is 9.53 Å². The first kappa shape index (κ1) is 15.1. The monoisotopic (exact) mass is 301 g/mol. The van der Waals surface area contributed by atoms with Crippen molar-refractivity contribution in [2.75, 3.05) is 12.4 Å². The van der Waals surface area contributed by atoms with Gasteiger partial charge in [0.1, 0.15) is 5.75 Å². The molecular weight excluding hydrogens is 286 g/mol. The SMILES string of the molecule is COc1ccc(NC(=O)/C=C/c2ccc(C)c(Cl)c2)cc1. The Bertz CT molecular complexity index is 663. The molecule has 0 saturated carbocycles. The molecular formula is C17H16ClNO2. The van der Waals surface area contributed by atoms with E-state index >= 15 is 0 Å². The molecule has 0 fully saturated rings. The van der Waals surface area contributed by atoms with Gasteiger partial charge >= 0.3 is 0 Å². The smallest absolute Gasteiger partial charge is 0.248 e. The van der Waals surface area contributed by atoms with Gasteiger partial charge in [0.15, 0.2) is 0 Å². The van der Waals surface area contributed by atoms with Crippen LogP contribution in [0.5, 0.6) is 5.75 Å². The maximum atomic E-state index is 11.8. The van der Waals surface area contributed by atoms with Crippen molar-refractivity contribution in [2.24, 2.45) is 0 Å². The van der Waals surface area contributed by atoms with Gasteiger partial charge in [0.2, 0.25) is 5.91 Å². The van der Waals surface area contributed by atoms with Gasteiger partial charge in [-0.25, -0.2) is 0 Å². The predicted octanol–water partition coefficient (Wildman–Crippen LogP) is 4.31. The second kappa shape index (κ2) is 6.95. The molecule has 0 aliphatic rings. The van der Waals surface area contributed by atoms with E-state index in [1.165, 1.54) is 6.08 Å². The maximum absolute atomic E-state index is 11.8. The molecule has 0 unspecified atom stereocenters.